The second-order valence-electron chi connectivity index (χ2n) is 8.59. The summed E-state index contributed by atoms with van der Waals surface area (Å²) in [6, 6.07) is 15.7. The standard InChI is InChI=1S/C27H20N6O10/c34-23-14-16(25(36)37)6-12-21(23)30(26(38)28-17-4-2-1-3-5-17)31(22-13-11-20(33(42)43)15-24(22)35)27(39)29-18-7-9-19(10-8-18)32(40)41/h1-15,34-35H,(H,28,38)(H,29,39)(H,36,37). The summed E-state index contributed by atoms with van der Waals surface area (Å²) in [4.78, 5) is 59.9. The fourth-order valence-electron chi connectivity index (χ4n) is 3.80. The van der Waals surface area contributed by atoms with Crippen LogP contribution in [-0.2, 0) is 0 Å². The van der Waals surface area contributed by atoms with Crippen molar-refractivity contribution in [3.8, 4) is 11.5 Å². The van der Waals surface area contributed by atoms with Gasteiger partial charge in [-0.15, -0.1) is 0 Å². The topological polar surface area (TPSA) is 229 Å². The predicted octanol–water partition coefficient (Wildman–Crippen LogP) is 5.30. The Morgan fingerprint density at radius 2 is 1.09 bits per heavy atom. The molecule has 0 aliphatic heterocycles. The number of benzene rings is 4. The fraction of sp³-hybridized carbons (Fsp3) is 0. The van der Waals surface area contributed by atoms with E-state index in [9.17, 15) is 49.9 Å². The number of urea groups is 2. The number of carbonyl (C=O) groups is 3. The van der Waals surface area contributed by atoms with Gasteiger partial charge in [0.15, 0.2) is 0 Å². The lowest BCUT2D eigenvalue weighted by Crippen LogP contribution is -2.54. The molecule has 0 bridgehead atoms. The molecule has 0 radical (unpaired) electrons. The van der Waals surface area contributed by atoms with Crippen LogP contribution in [0.3, 0.4) is 0 Å². The SMILES string of the molecule is O=C(O)c1ccc(N(C(=O)Nc2ccccc2)N(C(=O)Nc2ccc([N+](=O)[O-])cc2)c2ccc([N+](=O)[O-])cc2O)c(O)c1. The van der Waals surface area contributed by atoms with Crippen LogP contribution in [0.5, 0.6) is 11.5 Å². The number of nitrogens with one attached hydrogen (secondary N) is 2. The number of amides is 4. The molecule has 0 saturated heterocycles. The van der Waals surface area contributed by atoms with Crippen LogP contribution in [0.4, 0.5) is 43.7 Å². The molecule has 4 aromatic rings. The number of aromatic carboxylic acids is 1. The highest BCUT2D eigenvalue weighted by molar-refractivity contribution is 6.14. The van der Waals surface area contributed by atoms with E-state index >= 15 is 0 Å². The molecule has 4 amide bonds. The second kappa shape index (κ2) is 12.2. The molecule has 0 saturated carbocycles. The Kier molecular flexibility index (Phi) is 8.31. The van der Waals surface area contributed by atoms with Gasteiger partial charge in [-0.3, -0.25) is 20.2 Å². The number of para-hydroxylation sites is 1. The third kappa shape index (κ3) is 6.55. The number of hydrogen-bond donors (Lipinski definition) is 5. The van der Waals surface area contributed by atoms with Gasteiger partial charge < -0.3 is 26.0 Å². The van der Waals surface area contributed by atoms with E-state index < -0.39 is 56.4 Å². The van der Waals surface area contributed by atoms with E-state index in [1.807, 2.05) is 0 Å². The zero-order chi connectivity index (χ0) is 31.3. The molecular weight excluding hydrogens is 568 g/mol. The second-order valence-corrected chi connectivity index (χ2v) is 8.59. The molecule has 0 heterocycles. The van der Waals surface area contributed by atoms with E-state index in [1.165, 1.54) is 24.3 Å². The van der Waals surface area contributed by atoms with Gasteiger partial charge in [-0.1, -0.05) is 18.2 Å². The zero-order valence-corrected chi connectivity index (χ0v) is 21.6. The van der Waals surface area contributed by atoms with Crippen molar-refractivity contribution < 1.29 is 39.5 Å². The quantitative estimate of drug-likeness (QED) is 0.138. The summed E-state index contributed by atoms with van der Waals surface area (Å²) in [6.07, 6.45) is 0. The third-order valence-corrected chi connectivity index (χ3v) is 5.79. The number of nitrogens with zero attached hydrogens (tertiary/aromatic N) is 4. The lowest BCUT2D eigenvalue weighted by molar-refractivity contribution is -0.385. The van der Waals surface area contributed by atoms with Gasteiger partial charge >= 0.3 is 18.0 Å². The molecular formula is C27H20N6O10. The first kappa shape index (κ1) is 29.3. The van der Waals surface area contributed by atoms with Crippen LogP contribution < -0.4 is 20.7 Å². The lowest BCUT2D eigenvalue weighted by Gasteiger charge is -2.35. The van der Waals surface area contributed by atoms with Crippen LogP contribution >= 0.6 is 0 Å². The number of aromatic hydroxyl groups is 2. The summed E-state index contributed by atoms with van der Waals surface area (Å²) in [5.74, 6) is -2.99. The van der Waals surface area contributed by atoms with Gasteiger partial charge in [-0.2, -0.15) is 10.0 Å². The third-order valence-electron chi connectivity index (χ3n) is 5.79. The summed E-state index contributed by atoms with van der Waals surface area (Å²) < 4.78 is 0. The monoisotopic (exact) mass is 588 g/mol. The number of phenols is 2. The van der Waals surface area contributed by atoms with Crippen molar-refractivity contribution in [2.24, 2.45) is 0 Å². The van der Waals surface area contributed by atoms with Crippen molar-refractivity contribution >= 4 is 52.2 Å². The number of phenolic OH excluding ortho intramolecular Hbond substituents is 2. The van der Waals surface area contributed by atoms with Crippen molar-refractivity contribution in [1.82, 2.24) is 0 Å². The number of non-ortho nitro benzene ring substituents is 2. The lowest BCUT2D eigenvalue weighted by atomic mass is 10.2. The van der Waals surface area contributed by atoms with E-state index in [4.69, 9.17) is 0 Å². The van der Waals surface area contributed by atoms with Crippen molar-refractivity contribution in [3.05, 3.63) is 117 Å². The normalized spacial score (nSPS) is 10.3. The summed E-state index contributed by atoms with van der Waals surface area (Å²) >= 11 is 0. The maximum absolute atomic E-state index is 13.8. The van der Waals surface area contributed by atoms with Gasteiger partial charge in [0, 0.05) is 29.6 Å². The molecule has 0 unspecified atom stereocenters. The number of carboxylic acid groups (broad SMARTS) is 1. The average molecular weight is 588 g/mol. The number of hydrogen-bond acceptors (Lipinski definition) is 9. The Labute approximate surface area is 240 Å². The number of anilines is 4. The average Bonchev–Trinajstić information content (AvgIpc) is 2.97. The Hall–Kier alpha value is -6.71. The highest BCUT2D eigenvalue weighted by Crippen LogP contribution is 2.37. The molecule has 16 nitrogen and oxygen atoms in total. The number of rotatable bonds is 7. The number of carbonyl (C=O) groups excluding carboxylic acids is 2. The number of carboxylic acids is 1. The van der Waals surface area contributed by atoms with Crippen LogP contribution in [0.15, 0.2) is 91.0 Å². The van der Waals surface area contributed by atoms with Crippen LogP contribution in [-0.4, -0.2) is 43.2 Å². The largest absolute Gasteiger partial charge is 0.506 e. The van der Waals surface area contributed by atoms with Gasteiger partial charge in [-0.05, 0) is 48.5 Å². The molecule has 0 aromatic heterocycles. The molecule has 0 aliphatic carbocycles. The summed E-state index contributed by atoms with van der Waals surface area (Å²) in [7, 11) is 0. The van der Waals surface area contributed by atoms with Gasteiger partial charge in [0.2, 0.25) is 0 Å². The van der Waals surface area contributed by atoms with E-state index in [-0.39, 0.29) is 22.6 Å². The molecule has 5 N–H and O–H groups in total. The van der Waals surface area contributed by atoms with Gasteiger partial charge in [-0.25, -0.2) is 14.4 Å². The number of nitro groups is 2. The molecule has 43 heavy (non-hydrogen) atoms. The zero-order valence-electron chi connectivity index (χ0n) is 21.6. The minimum absolute atomic E-state index is 0.0101. The summed E-state index contributed by atoms with van der Waals surface area (Å²) in [5, 5.41) is 59.3. The molecule has 4 rings (SSSR count). The minimum Gasteiger partial charge on any atom is -0.506 e. The molecule has 4 aromatic carbocycles. The van der Waals surface area contributed by atoms with Gasteiger partial charge in [0.1, 0.15) is 22.9 Å². The van der Waals surface area contributed by atoms with Crippen molar-refractivity contribution in [2.45, 2.75) is 0 Å². The van der Waals surface area contributed by atoms with Crippen LogP contribution in [0, 0.1) is 20.2 Å². The van der Waals surface area contributed by atoms with E-state index in [0.717, 1.165) is 48.5 Å². The summed E-state index contributed by atoms with van der Waals surface area (Å²) in [5.41, 5.74) is -1.85. The first-order chi connectivity index (χ1) is 20.5. The molecule has 16 heteroatoms. The van der Waals surface area contributed by atoms with Crippen molar-refractivity contribution in [2.75, 3.05) is 20.7 Å². The van der Waals surface area contributed by atoms with E-state index in [0.29, 0.717) is 10.0 Å². The van der Waals surface area contributed by atoms with Crippen molar-refractivity contribution in [3.63, 3.8) is 0 Å². The number of nitro benzene ring substituents is 2. The van der Waals surface area contributed by atoms with Crippen LogP contribution in [0.2, 0.25) is 0 Å². The highest BCUT2D eigenvalue weighted by Gasteiger charge is 2.34. The molecule has 0 spiro atoms. The van der Waals surface area contributed by atoms with Crippen LogP contribution in [0.25, 0.3) is 0 Å². The molecule has 0 aliphatic rings. The maximum atomic E-state index is 13.8. The molecule has 0 fully saturated rings. The summed E-state index contributed by atoms with van der Waals surface area (Å²) in [6.45, 7) is 0. The predicted molar refractivity (Wildman–Crippen MR) is 152 cm³/mol. The number of hydrazine groups is 1. The Morgan fingerprint density at radius 3 is 1.56 bits per heavy atom. The first-order valence-corrected chi connectivity index (χ1v) is 12.0. The molecule has 0 atom stereocenters. The minimum atomic E-state index is -1.40. The maximum Gasteiger partial charge on any atom is 0.346 e. The van der Waals surface area contributed by atoms with Gasteiger partial charge in [0.05, 0.1) is 21.5 Å². The van der Waals surface area contributed by atoms with Crippen molar-refractivity contribution in [1.29, 1.82) is 0 Å². The highest BCUT2D eigenvalue weighted by atomic mass is 16.6. The Morgan fingerprint density at radius 1 is 0.628 bits per heavy atom. The Balaban J connectivity index is 1.89. The Bertz CT molecular complexity index is 1730. The van der Waals surface area contributed by atoms with Gasteiger partial charge in [0.25, 0.3) is 11.4 Å². The smallest absolute Gasteiger partial charge is 0.346 e. The van der Waals surface area contributed by atoms with Crippen LogP contribution in [0.1, 0.15) is 10.4 Å². The van der Waals surface area contributed by atoms with E-state index in [1.54, 1.807) is 18.2 Å². The fourth-order valence-corrected chi connectivity index (χ4v) is 3.80. The molecule has 218 valence electrons. The first-order valence-electron chi connectivity index (χ1n) is 12.0. The van der Waals surface area contributed by atoms with E-state index in [2.05, 4.69) is 10.6 Å².